The average Bonchev–Trinajstić information content (AvgIpc) is 3.28. The van der Waals surface area contributed by atoms with Crippen molar-refractivity contribution in [2.24, 2.45) is 0 Å². The Morgan fingerprint density at radius 3 is 2.71 bits per heavy atom. The van der Waals surface area contributed by atoms with Crippen molar-refractivity contribution >= 4 is 17.2 Å². The number of benzene rings is 1. The molecule has 0 spiro atoms. The molecule has 1 aromatic carbocycles. The molecular formula is C18H20N4OS. The van der Waals surface area contributed by atoms with Crippen LogP contribution in [0.1, 0.15) is 28.8 Å². The fourth-order valence-electron chi connectivity index (χ4n) is 2.43. The number of carbonyl (C=O) groups is 1. The van der Waals surface area contributed by atoms with Gasteiger partial charge in [-0.25, -0.2) is 9.67 Å². The molecule has 3 rings (SSSR count). The Morgan fingerprint density at radius 1 is 1.17 bits per heavy atom. The van der Waals surface area contributed by atoms with Gasteiger partial charge in [0, 0.05) is 17.8 Å². The number of carbonyl (C=O) groups excluding carboxylic acids is 1. The van der Waals surface area contributed by atoms with E-state index in [0.29, 0.717) is 19.5 Å². The van der Waals surface area contributed by atoms with Gasteiger partial charge >= 0.3 is 0 Å². The monoisotopic (exact) mass is 340 g/mol. The van der Waals surface area contributed by atoms with Crippen molar-refractivity contribution in [1.82, 2.24) is 20.1 Å². The number of hydrogen-bond donors (Lipinski definition) is 1. The van der Waals surface area contributed by atoms with E-state index in [-0.39, 0.29) is 5.91 Å². The van der Waals surface area contributed by atoms with E-state index in [0.717, 1.165) is 24.0 Å². The van der Waals surface area contributed by atoms with Gasteiger partial charge in [-0.1, -0.05) is 30.3 Å². The van der Waals surface area contributed by atoms with E-state index in [1.165, 1.54) is 11.2 Å². The summed E-state index contributed by atoms with van der Waals surface area (Å²) in [5.41, 5.74) is 2.26. The number of hydrogen-bond acceptors (Lipinski definition) is 4. The second kappa shape index (κ2) is 8.40. The molecule has 0 bridgehead atoms. The molecule has 1 N–H and O–H groups in total. The van der Waals surface area contributed by atoms with Crippen molar-refractivity contribution in [1.29, 1.82) is 0 Å². The minimum absolute atomic E-state index is 0.109. The molecule has 0 atom stereocenters. The van der Waals surface area contributed by atoms with Crippen LogP contribution in [0.5, 0.6) is 0 Å². The van der Waals surface area contributed by atoms with E-state index in [2.05, 4.69) is 39.0 Å². The van der Waals surface area contributed by atoms with Gasteiger partial charge in [0.1, 0.15) is 12.7 Å². The van der Waals surface area contributed by atoms with Crippen molar-refractivity contribution in [3.63, 3.8) is 0 Å². The van der Waals surface area contributed by atoms with Crippen molar-refractivity contribution in [3.8, 4) is 0 Å². The third-order valence-electron chi connectivity index (χ3n) is 3.73. The van der Waals surface area contributed by atoms with Gasteiger partial charge in [0.2, 0.25) is 5.91 Å². The second-order valence-corrected chi connectivity index (χ2v) is 6.65. The molecule has 0 unspecified atom stereocenters. The van der Waals surface area contributed by atoms with Gasteiger partial charge in [-0.2, -0.15) is 5.10 Å². The lowest BCUT2D eigenvalue weighted by atomic mass is 10.1. The zero-order valence-electron chi connectivity index (χ0n) is 13.4. The van der Waals surface area contributed by atoms with E-state index in [9.17, 15) is 4.79 Å². The first-order chi connectivity index (χ1) is 11.8. The summed E-state index contributed by atoms with van der Waals surface area (Å²) in [4.78, 5) is 17.2. The summed E-state index contributed by atoms with van der Waals surface area (Å²) < 4.78 is 1.78. The number of aromatic nitrogens is 3. The molecule has 0 aliphatic heterocycles. The number of nitrogens with zero attached hydrogens (tertiary/aromatic N) is 3. The molecule has 6 heteroatoms. The molecule has 0 aliphatic carbocycles. The third-order valence-corrected chi connectivity index (χ3v) is 4.67. The minimum atomic E-state index is 0.109. The number of aryl methyl sites for hydroxylation is 1. The first-order valence-electron chi connectivity index (χ1n) is 7.99. The van der Waals surface area contributed by atoms with Crippen molar-refractivity contribution in [3.05, 3.63) is 70.4 Å². The first-order valence-corrected chi connectivity index (χ1v) is 8.87. The van der Waals surface area contributed by atoms with Crippen LogP contribution in [0, 0.1) is 0 Å². The topological polar surface area (TPSA) is 59.8 Å². The van der Waals surface area contributed by atoms with Crippen LogP contribution >= 0.6 is 11.3 Å². The summed E-state index contributed by atoms with van der Waals surface area (Å²) in [7, 11) is 0. The Hall–Kier alpha value is -2.47. The Balaban J connectivity index is 1.38. The number of nitrogens with one attached hydrogen (secondary N) is 1. The van der Waals surface area contributed by atoms with E-state index in [1.54, 1.807) is 22.3 Å². The predicted molar refractivity (Wildman–Crippen MR) is 94.7 cm³/mol. The molecule has 0 fully saturated rings. The smallest absolute Gasteiger partial charge is 0.220 e. The summed E-state index contributed by atoms with van der Waals surface area (Å²) in [5.74, 6) is 0.109. The normalized spacial score (nSPS) is 10.7. The standard InChI is InChI=1S/C18H20N4OS/c23-18(5-1-3-17-4-2-10-24-17)20-11-15-6-8-16(9-7-15)12-22-14-19-13-21-22/h2,4,6-10,13-14H,1,3,5,11-12H2,(H,20,23). The molecule has 124 valence electrons. The maximum absolute atomic E-state index is 11.9. The predicted octanol–water partition coefficient (Wildman–Crippen LogP) is 3.03. The Kier molecular flexibility index (Phi) is 5.74. The quantitative estimate of drug-likeness (QED) is 0.686. The number of thiophene rings is 1. The third kappa shape index (κ3) is 5.03. The molecule has 5 nitrogen and oxygen atoms in total. The summed E-state index contributed by atoms with van der Waals surface area (Å²) in [6.07, 6.45) is 5.67. The van der Waals surface area contributed by atoms with Crippen molar-refractivity contribution < 1.29 is 4.79 Å². The fourth-order valence-corrected chi connectivity index (χ4v) is 3.18. The lowest BCUT2D eigenvalue weighted by Gasteiger charge is -2.07. The molecule has 3 aromatic rings. The highest BCUT2D eigenvalue weighted by Crippen LogP contribution is 2.12. The summed E-state index contributed by atoms with van der Waals surface area (Å²) in [6.45, 7) is 1.27. The first kappa shape index (κ1) is 16.4. The highest BCUT2D eigenvalue weighted by molar-refractivity contribution is 7.09. The minimum Gasteiger partial charge on any atom is -0.352 e. The average molecular weight is 340 g/mol. The summed E-state index contributed by atoms with van der Waals surface area (Å²) >= 11 is 1.75. The molecule has 2 heterocycles. The van der Waals surface area contributed by atoms with Crippen LogP contribution in [0.2, 0.25) is 0 Å². The fraction of sp³-hybridized carbons (Fsp3) is 0.278. The maximum atomic E-state index is 11.9. The molecule has 1 amide bonds. The van der Waals surface area contributed by atoms with Crippen LogP contribution in [0.25, 0.3) is 0 Å². The summed E-state index contributed by atoms with van der Waals surface area (Å²) in [5, 5.41) is 9.14. The van der Waals surface area contributed by atoms with Crippen LogP contribution in [0.15, 0.2) is 54.4 Å². The number of amides is 1. The van der Waals surface area contributed by atoms with Crippen LogP contribution in [-0.2, 0) is 24.3 Å². The highest BCUT2D eigenvalue weighted by atomic mass is 32.1. The molecular weight excluding hydrogens is 320 g/mol. The molecule has 0 radical (unpaired) electrons. The molecule has 0 saturated heterocycles. The van der Waals surface area contributed by atoms with Crippen LogP contribution in [-0.4, -0.2) is 20.7 Å². The summed E-state index contributed by atoms with van der Waals surface area (Å²) in [6, 6.07) is 12.4. The van der Waals surface area contributed by atoms with E-state index >= 15 is 0 Å². The Bertz CT molecular complexity index is 736. The lowest BCUT2D eigenvalue weighted by molar-refractivity contribution is -0.121. The Morgan fingerprint density at radius 2 is 2.00 bits per heavy atom. The SMILES string of the molecule is O=C(CCCc1cccs1)NCc1ccc(Cn2cncn2)cc1. The highest BCUT2D eigenvalue weighted by Gasteiger charge is 2.03. The maximum Gasteiger partial charge on any atom is 0.220 e. The largest absolute Gasteiger partial charge is 0.352 e. The van der Waals surface area contributed by atoms with Gasteiger partial charge in [-0.05, 0) is 35.4 Å². The van der Waals surface area contributed by atoms with Gasteiger partial charge in [-0.15, -0.1) is 11.3 Å². The molecule has 0 aliphatic rings. The van der Waals surface area contributed by atoms with E-state index in [4.69, 9.17) is 0 Å². The van der Waals surface area contributed by atoms with E-state index in [1.807, 2.05) is 18.2 Å². The van der Waals surface area contributed by atoms with Crippen LogP contribution in [0.4, 0.5) is 0 Å². The molecule has 0 saturated carbocycles. The van der Waals surface area contributed by atoms with Crippen molar-refractivity contribution in [2.75, 3.05) is 0 Å². The van der Waals surface area contributed by atoms with Crippen LogP contribution in [0.3, 0.4) is 0 Å². The Labute approximate surface area is 145 Å². The van der Waals surface area contributed by atoms with Gasteiger partial charge in [0.25, 0.3) is 0 Å². The van der Waals surface area contributed by atoms with Gasteiger partial charge < -0.3 is 5.32 Å². The molecule has 2 aromatic heterocycles. The van der Waals surface area contributed by atoms with Gasteiger partial charge in [0.05, 0.1) is 6.54 Å². The zero-order valence-corrected chi connectivity index (χ0v) is 14.2. The molecule has 24 heavy (non-hydrogen) atoms. The second-order valence-electron chi connectivity index (χ2n) is 5.62. The van der Waals surface area contributed by atoms with Gasteiger partial charge in [-0.3, -0.25) is 4.79 Å². The van der Waals surface area contributed by atoms with Crippen LogP contribution < -0.4 is 5.32 Å². The van der Waals surface area contributed by atoms with Gasteiger partial charge in [0.15, 0.2) is 0 Å². The number of rotatable bonds is 8. The lowest BCUT2D eigenvalue weighted by Crippen LogP contribution is -2.22. The zero-order chi connectivity index (χ0) is 16.6. The van der Waals surface area contributed by atoms with E-state index < -0.39 is 0 Å². The van der Waals surface area contributed by atoms with Crippen molar-refractivity contribution in [2.45, 2.75) is 32.4 Å².